The van der Waals surface area contributed by atoms with Crippen molar-refractivity contribution in [3.05, 3.63) is 84.4 Å². The second-order valence-electron chi connectivity index (χ2n) is 8.02. The number of anilines is 1. The number of nitrogens with zero attached hydrogens (tertiary/aromatic N) is 1. The van der Waals surface area contributed by atoms with E-state index in [0.717, 1.165) is 23.3 Å². The van der Waals surface area contributed by atoms with Gasteiger partial charge in [-0.2, -0.15) is 0 Å². The van der Waals surface area contributed by atoms with Gasteiger partial charge in [0, 0.05) is 18.5 Å². The number of hydrogen-bond acceptors (Lipinski definition) is 4. The lowest BCUT2D eigenvalue weighted by Crippen LogP contribution is -2.33. The molecule has 0 aliphatic heterocycles. The smallest absolute Gasteiger partial charge is 0.232 e. The van der Waals surface area contributed by atoms with E-state index < -0.39 is 10.0 Å². The normalized spacial score (nSPS) is 11.1. The quantitative estimate of drug-likeness (QED) is 0.383. The van der Waals surface area contributed by atoms with Crippen molar-refractivity contribution in [2.45, 2.75) is 26.2 Å². The SMILES string of the molecule is CCc1ccc(OCCNC(=O)CCCN(c2ccccc2-c2ccccc2)S(C)(=O)=O)cc1. The molecule has 3 aromatic rings. The van der Waals surface area contributed by atoms with Gasteiger partial charge < -0.3 is 10.1 Å². The third kappa shape index (κ3) is 7.35. The molecule has 0 radical (unpaired) electrons. The highest BCUT2D eigenvalue weighted by molar-refractivity contribution is 7.92. The van der Waals surface area contributed by atoms with Crippen LogP contribution < -0.4 is 14.4 Å². The van der Waals surface area contributed by atoms with E-state index in [1.54, 1.807) is 6.07 Å². The van der Waals surface area contributed by atoms with E-state index in [0.29, 0.717) is 25.3 Å². The molecule has 180 valence electrons. The molecule has 34 heavy (non-hydrogen) atoms. The van der Waals surface area contributed by atoms with Crippen LogP contribution in [0.5, 0.6) is 5.75 Å². The molecule has 1 N–H and O–H groups in total. The summed E-state index contributed by atoms with van der Waals surface area (Å²) >= 11 is 0. The first kappa shape index (κ1) is 25.3. The maximum Gasteiger partial charge on any atom is 0.232 e. The van der Waals surface area contributed by atoms with Crippen molar-refractivity contribution in [1.82, 2.24) is 5.32 Å². The lowest BCUT2D eigenvalue weighted by molar-refractivity contribution is -0.121. The summed E-state index contributed by atoms with van der Waals surface area (Å²) in [6.45, 7) is 3.08. The summed E-state index contributed by atoms with van der Waals surface area (Å²) in [6, 6.07) is 25.0. The average molecular weight is 481 g/mol. The van der Waals surface area contributed by atoms with Gasteiger partial charge in [0.05, 0.1) is 18.5 Å². The van der Waals surface area contributed by atoms with E-state index in [9.17, 15) is 13.2 Å². The third-order valence-corrected chi connectivity index (χ3v) is 6.63. The van der Waals surface area contributed by atoms with Gasteiger partial charge in [0.25, 0.3) is 0 Å². The molecule has 0 aromatic heterocycles. The van der Waals surface area contributed by atoms with Crippen molar-refractivity contribution in [3.63, 3.8) is 0 Å². The molecule has 6 nitrogen and oxygen atoms in total. The summed E-state index contributed by atoms with van der Waals surface area (Å²) in [6.07, 6.45) is 2.80. The molecular formula is C27H32N2O4S. The summed E-state index contributed by atoms with van der Waals surface area (Å²) < 4.78 is 32.2. The van der Waals surface area contributed by atoms with Crippen LogP contribution in [0.4, 0.5) is 5.69 Å². The number of aryl methyl sites for hydroxylation is 1. The summed E-state index contributed by atoms with van der Waals surface area (Å²) in [5.74, 6) is 0.641. The second kappa shape index (κ2) is 12.2. The van der Waals surface area contributed by atoms with Crippen LogP contribution in [0.1, 0.15) is 25.3 Å². The van der Waals surface area contributed by atoms with E-state index >= 15 is 0 Å². The van der Waals surface area contributed by atoms with Gasteiger partial charge in [0.2, 0.25) is 15.9 Å². The number of amides is 1. The van der Waals surface area contributed by atoms with Crippen LogP contribution in [0.15, 0.2) is 78.9 Å². The van der Waals surface area contributed by atoms with Crippen LogP contribution in [-0.2, 0) is 21.2 Å². The number of hydrogen-bond donors (Lipinski definition) is 1. The van der Waals surface area contributed by atoms with Crippen LogP contribution in [0.25, 0.3) is 11.1 Å². The molecule has 0 bridgehead atoms. The van der Waals surface area contributed by atoms with Gasteiger partial charge in [-0.1, -0.05) is 67.6 Å². The predicted octanol–water partition coefficient (Wildman–Crippen LogP) is 4.66. The first-order valence-corrected chi connectivity index (χ1v) is 13.3. The van der Waals surface area contributed by atoms with Gasteiger partial charge >= 0.3 is 0 Å². The monoisotopic (exact) mass is 480 g/mol. The van der Waals surface area contributed by atoms with Crippen LogP contribution in [0.3, 0.4) is 0 Å². The molecule has 7 heteroatoms. The van der Waals surface area contributed by atoms with Crippen LogP contribution >= 0.6 is 0 Å². The van der Waals surface area contributed by atoms with E-state index in [1.807, 2.05) is 72.8 Å². The molecular weight excluding hydrogens is 448 g/mol. The minimum atomic E-state index is -3.52. The van der Waals surface area contributed by atoms with E-state index in [-0.39, 0.29) is 18.9 Å². The number of carbonyl (C=O) groups is 1. The molecule has 0 aliphatic rings. The van der Waals surface area contributed by atoms with Crippen molar-refractivity contribution >= 4 is 21.6 Å². The maximum absolute atomic E-state index is 12.6. The number of rotatable bonds is 12. The predicted molar refractivity (Wildman–Crippen MR) is 138 cm³/mol. The molecule has 0 heterocycles. The molecule has 0 spiro atoms. The van der Waals surface area contributed by atoms with Gasteiger partial charge in [-0.05, 0) is 42.2 Å². The molecule has 0 fully saturated rings. The maximum atomic E-state index is 12.6. The van der Waals surface area contributed by atoms with Crippen molar-refractivity contribution < 1.29 is 17.9 Å². The van der Waals surface area contributed by atoms with Crippen molar-refractivity contribution in [2.24, 2.45) is 0 Å². The van der Waals surface area contributed by atoms with Gasteiger partial charge in [-0.25, -0.2) is 8.42 Å². The number of carbonyl (C=O) groups excluding carboxylic acids is 1. The van der Waals surface area contributed by atoms with E-state index in [1.165, 1.54) is 16.1 Å². The van der Waals surface area contributed by atoms with Crippen molar-refractivity contribution in [2.75, 3.05) is 30.3 Å². The zero-order chi connectivity index (χ0) is 24.4. The first-order valence-electron chi connectivity index (χ1n) is 11.5. The van der Waals surface area contributed by atoms with Crippen LogP contribution in [0, 0.1) is 0 Å². The summed E-state index contributed by atoms with van der Waals surface area (Å²) in [7, 11) is -3.52. The minimum Gasteiger partial charge on any atom is -0.492 e. The largest absolute Gasteiger partial charge is 0.492 e. The van der Waals surface area contributed by atoms with Gasteiger partial charge in [-0.15, -0.1) is 0 Å². The van der Waals surface area contributed by atoms with Crippen LogP contribution in [-0.4, -0.2) is 40.3 Å². The molecule has 0 atom stereocenters. The fourth-order valence-electron chi connectivity index (χ4n) is 3.67. The Hall–Kier alpha value is -3.32. The Morgan fingerprint density at radius 3 is 2.29 bits per heavy atom. The summed E-state index contributed by atoms with van der Waals surface area (Å²) in [5, 5.41) is 2.83. The third-order valence-electron chi connectivity index (χ3n) is 5.45. The molecule has 0 aliphatic carbocycles. The Labute approximate surface area is 202 Å². The fourth-order valence-corrected chi connectivity index (χ4v) is 4.65. The Bertz CT molecular complexity index is 1160. The minimum absolute atomic E-state index is 0.130. The molecule has 0 saturated heterocycles. The van der Waals surface area contributed by atoms with Crippen molar-refractivity contribution in [3.8, 4) is 16.9 Å². The van der Waals surface area contributed by atoms with Crippen molar-refractivity contribution in [1.29, 1.82) is 0 Å². The lowest BCUT2D eigenvalue weighted by atomic mass is 10.0. The first-order chi connectivity index (χ1) is 16.4. The van der Waals surface area contributed by atoms with E-state index in [2.05, 4.69) is 12.2 Å². The van der Waals surface area contributed by atoms with Gasteiger partial charge in [0.15, 0.2) is 0 Å². The van der Waals surface area contributed by atoms with Crippen LogP contribution in [0.2, 0.25) is 0 Å². The highest BCUT2D eigenvalue weighted by Gasteiger charge is 2.20. The highest BCUT2D eigenvalue weighted by atomic mass is 32.2. The van der Waals surface area contributed by atoms with E-state index in [4.69, 9.17) is 4.74 Å². The molecule has 3 rings (SSSR count). The Morgan fingerprint density at radius 1 is 0.941 bits per heavy atom. The second-order valence-corrected chi connectivity index (χ2v) is 9.92. The zero-order valence-corrected chi connectivity index (χ0v) is 20.6. The number of ether oxygens (including phenoxy) is 1. The van der Waals surface area contributed by atoms with Gasteiger partial charge in [-0.3, -0.25) is 9.10 Å². The van der Waals surface area contributed by atoms with Gasteiger partial charge in [0.1, 0.15) is 12.4 Å². The average Bonchev–Trinajstić information content (AvgIpc) is 2.85. The molecule has 0 saturated carbocycles. The molecule has 1 amide bonds. The number of para-hydroxylation sites is 1. The highest BCUT2D eigenvalue weighted by Crippen LogP contribution is 2.32. The number of nitrogens with one attached hydrogen (secondary N) is 1. The topological polar surface area (TPSA) is 75.7 Å². The number of sulfonamides is 1. The summed E-state index contributed by atoms with van der Waals surface area (Å²) in [5.41, 5.74) is 3.63. The Balaban J connectivity index is 1.52. The zero-order valence-electron chi connectivity index (χ0n) is 19.7. The molecule has 3 aromatic carbocycles. The Morgan fingerprint density at radius 2 is 1.62 bits per heavy atom. The fraction of sp³-hybridized carbons (Fsp3) is 0.296. The number of benzene rings is 3. The molecule has 0 unspecified atom stereocenters. The Kier molecular flexibility index (Phi) is 9.10. The summed E-state index contributed by atoms with van der Waals surface area (Å²) in [4.78, 5) is 12.3. The lowest BCUT2D eigenvalue weighted by Gasteiger charge is -2.25. The standard InChI is InChI=1S/C27H32N2O4S/c1-3-22-15-17-24(18-16-22)33-21-19-28-27(30)14-9-20-29(34(2,31)32)26-13-8-7-12-25(26)23-10-5-4-6-11-23/h4-8,10-13,15-18H,3,9,14,19-21H2,1-2H3,(H,28,30).